The van der Waals surface area contributed by atoms with Gasteiger partial charge in [-0.1, -0.05) is 0 Å². The van der Waals surface area contributed by atoms with Crippen molar-refractivity contribution in [1.82, 2.24) is 10.2 Å². The summed E-state index contributed by atoms with van der Waals surface area (Å²) in [6, 6.07) is 2.16. The van der Waals surface area contributed by atoms with E-state index in [1.807, 2.05) is 13.4 Å². The molecule has 1 aliphatic heterocycles. The molecule has 1 N–H and O–H groups in total. The molecule has 1 aliphatic rings. The molecule has 1 aromatic rings. The average molecular weight is 294 g/mol. The summed E-state index contributed by atoms with van der Waals surface area (Å²) < 4.78 is 11.4. The molecule has 21 heavy (non-hydrogen) atoms. The predicted octanol–water partition coefficient (Wildman–Crippen LogP) is 3.17. The SMILES string of the molecule is COC1(C)CCCN(Cc2cc(CNC(C)(C)C)co2)C1. The molecule has 1 saturated heterocycles. The number of hydrogen-bond donors (Lipinski definition) is 1. The molecular formula is C17H30N2O2. The van der Waals surface area contributed by atoms with Gasteiger partial charge in [-0.15, -0.1) is 0 Å². The molecule has 0 aromatic carbocycles. The monoisotopic (exact) mass is 294 g/mol. The highest BCUT2D eigenvalue weighted by Crippen LogP contribution is 2.25. The molecule has 120 valence electrons. The molecule has 0 aliphatic carbocycles. The summed E-state index contributed by atoms with van der Waals surface area (Å²) in [4.78, 5) is 2.42. The lowest BCUT2D eigenvalue weighted by atomic mass is 9.95. The van der Waals surface area contributed by atoms with Crippen molar-refractivity contribution in [3.63, 3.8) is 0 Å². The number of furan rings is 1. The molecule has 0 amide bonds. The minimum Gasteiger partial charge on any atom is -0.468 e. The Balaban J connectivity index is 1.87. The topological polar surface area (TPSA) is 37.6 Å². The van der Waals surface area contributed by atoms with Crippen molar-refractivity contribution < 1.29 is 9.15 Å². The second-order valence-electron chi connectivity index (χ2n) is 7.49. The van der Waals surface area contributed by atoms with Crippen LogP contribution in [0, 0.1) is 0 Å². The molecule has 0 radical (unpaired) electrons. The van der Waals surface area contributed by atoms with Gasteiger partial charge in [0, 0.05) is 31.3 Å². The molecule has 1 atom stereocenters. The van der Waals surface area contributed by atoms with Gasteiger partial charge in [-0.2, -0.15) is 0 Å². The van der Waals surface area contributed by atoms with Crippen molar-refractivity contribution >= 4 is 0 Å². The van der Waals surface area contributed by atoms with E-state index in [2.05, 4.69) is 44.0 Å². The van der Waals surface area contributed by atoms with Crippen molar-refractivity contribution in [2.75, 3.05) is 20.2 Å². The van der Waals surface area contributed by atoms with Crippen LogP contribution >= 0.6 is 0 Å². The predicted molar refractivity (Wildman–Crippen MR) is 85.2 cm³/mol. The van der Waals surface area contributed by atoms with E-state index < -0.39 is 0 Å². The zero-order valence-electron chi connectivity index (χ0n) is 14.2. The highest BCUT2D eigenvalue weighted by Gasteiger charge is 2.30. The second-order valence-corrected chi connectivity index (χ2v) is 7.49. The van der Waals surface area contributed by atoms with E-state index in [1.54, 1.807) is 0 Å². The Morgan fingerprint density at radius 2 is 2.19 bits per heavy atom. The first kappa shape index (κ1) is 16.5. The number of piperidine rings is 1. The first-order chi connectivity index (χ1) is 9.80. The number of ether oxygens (including phenoxy) is 1. The number of hydrogen-bond acceptors (Lipinski definition) is 4. The quantitative estimate of drug-likeness (QED) is 0.905. The summed E-state index contributed by atoms with van der Waals surface area (Å²) in [5.41, 5.74) is 1.33. The third-order valence-electron chi connectivity index (χ3n) is 4.14. The van der Waals surface area contributed by atoms with Crippen LogP contribution in [0.3, 0.4) is 0 Å². The lowest BCUT2D eigenvalue weighted by Crippen LogP contribution is -2.46. The fraction of sp³-hybridized carbons (Fsp3) is 0.765. The van der Waals surface area contributed by atoms with Crippen LogP contribution in [0.25, 0.3) is 0 Å². The van der Waals surface area contributed by atoms with Gasteiger partial charge >= 0.3 is 0 Å². The maximum absolute atomic E-state index is 5.71. The molecule has 0 spiro atoms. The number of rotatable bonds is 5. The van der Waals surface area contributed by atoms with E-state index in [0.29, 0.717) is 0 Å². The molecule has 1 unspecified atom stereocenters. The largest absolute Gasteiger partial charge is 0.468 e. The second kappa shape index (κ2) is 6.51. The van der Waals surface area contributed by atoms with Crippen LogP contribution in [-0.2, 0) is 17.8 Å². The fourth-order valence-electron chi connectivity index (χ4n) is 2.80. The third-order valence-corrected chi connectivity index (χ3v) is 4.14. The summed E-state index contributed by atoms with van der Waals surface area (Å²) in [6.45, 7) is 12.5. The van der Waals surface area contributed by atoms with E-state index in [4.69, 9.17) is 9.15 Å². The van der Waals surface area contributed by atoms with Gasteiger partial charge in [0.1, 0.15) is 5.76 Å². The standard InChI is InChI=1S/C17H30N2O2/c1-16(2,3)18-10-14-9-15(21-12-14)11-19-8-6-7-17(4,13-19)20-5/h9,12,18H,6-8,10-11,13H2,1-5H3. The first-order valence-corrected chi connectivity index (χ1v) is 7.88. The Bertz CT molecular complexity index is 450. The molecular weight excluding hydrogens is 264 g/mol. The molecule has 0 bridgehead atoms. The lowest BCUT2D eigenvalue weighted by Gasteiger charge is -2.39. The average Bonchev–Trinajstić information content (AvgIpc) is 2.83. The summed E-state index contributed by atoms with van der Waals surface area (Å²) in [5, 5.41) is 3.48. The first-order valence-electron chi connectivity index (χ1n) is 7.88. The van der Waals surface area contributed by atoms with Crippen LogP contribution in [0.5, 0.6) is 0 Å². The zero-order valence-corrected chi connectivity index (χ0v) is 14.2. The molecule has 2 heterocycles. The molecule has 1 fully saturated rings. The van der Waals surface area contributed by atoms with Crippen LogP contribution in [0.15, 0.2) is 16.7 Å². The molecule has 4 nitrogen and oxygen atoms in total. The molecule has 2 rings (SSSR count). The van der Waals surface area contributed by atoms with Gasteiger partial charge in [0.2, 0.25) is 0 Å². The highest BCUT2D eigenvalue weighted by molar-refractivity contribution is 5.13. The Morgan fingerprint density at radius 3 is 2.86 bits per heavy atom. The van der Waals surface area contributed by atoms with Crippen molar-refractivity contribution in [3.8, 4) is 0 Å². The van der Waals surface area contributed by atoms with Gasteiger partial charge < -0.3 is 14.5 Å². The smallest absolute Gasteiger partial charge is 0.118 e. The van der Waals surface area contributed by atoms with Gasteiger partial charge in [-0.25, -0.2) is 0 Å². The summed E-state index contributed by atoms with van der Waals surface area (Å²) in [7, 11) is 1.81. The summed E-state index contributed by atoms with van der Waals surface area (Å²) >= 11 is 0. The van der Waals surface area contributed by atoms with Gasteiger partial charge in [-0.05, 0) is 53.1 Å². The Morgan fingerprint density at radius 1 is 1.43 bits per heavy atom. The Labute approximate surface area is 128 Å². The van der Waals surface area contributed by atoms with E-state index >= 15 is 0 Å². The Kier molecular flexibility index (Phi) is 5.12. The van der Waals surface area contributed by atoms with Gasteiger partial charge in [0.05, 0.1) is 18.4 Å². The van der Waals surface area contributed by atoms with Gasteiger partial charge in [-0.3, -0.25) is 4.90 Å². The number of methoxy groups -OCH3 is 1. The lowest BCUT2D eigenvalue weighted by molar-refractivity contribution is -0.0538. The van der Waals surface area contributed by atoms with Crippen LogP contribution in [-0.4, -0.2) is 36.2 Å². The maximum atomic E-state index is 5.71. The molecule has 1 aromatic heterocycles. The summed E-state index contributed by atoms with van der Waals surface area (Å²) in [5.74, 6) is 1.04. The number of nitrogens with one attached hydrogen (secondary N) is 1. The maximum Gasteiger partial charge on any atom is 0.118 e. The van der Waals surface area contributed by atoms with Crippen LogP contribution < -0.4 is 5.32 Å². The Hall–Kier alpha value is -0.840. The van der Waals surface area contributed by atoms with E-state index in [1.165, 1.54) is 12.0 Å². The summed E-state index contributed by atoms with van der Waals surface area (Å²) in [6.07, 6.45) is 4.19. The van der Waals surface area contributed by atoms with Crippen molar-refractivity contribution in [2.45, 2.75) is 64.8 Å². The van der Waals surface area contributed by atoms with Crippen molar-refractivity contribution in [3.05, 3.63) is 23.7 Å². The molecule has 0 saturated carbocycles. The normalized spacial score (nSPS) is 24.4. The minimum absolute atomic E-state index is 0.0124. The number of likely N-dealkylation sites (tertiary alicyclic amines) is 1. The van der Waals surface area contributed by atoms with Crippen LogP contribution in [0.4, 0.5) is 0 Å². The van der Waals surface area contributed by atoms with Gasteiger partial charge in [0.15, 0.2) is 0 Å². The van der Waals surface area contributed by atoms with Gasteiger partial charge in [0.25, 0.3) is 0 Å². The minimum atomic E-state index is -0.0124. The van der Waals surface area contributed by atoms with E-state index in [0.717, 1.165) is 38.4 Å². The zero-order chi connectivity index (χ0) is 15.5. The van der Waals surface area contributed by atoms with E-state index in [-0.39, 0.29) is 11.1 Å². The molecule has 4 heteroatoms. The third kappa shape index (κ3) is 5.13. The van der Waals surface area contributed by atoms with Crippen LogP contribution in [0.1, 0.15) is 51.9 Å². The van der Waals surface area contributed by atoms with Crippen molar-refractivity contribution in [1.29, 1.82) is 0 Å². The number of nitrogens with zero attached hydrogens (tertiary/aromatic N) is 1. The van der Waals surface area contributed by atoms with E-state index in [9.17, 15) is 0 Å². The highest BCUT2D eigenvalue weighted by atomic mass is 16.5. The fourth-order valence-corrected chi connectivity index (χ4v) is 2.80. The van der Waals surface area contributed by atoms with Crippen molar-refractivity contribution in [2.24, 2.45) is 0 Å². The van der Waals surface area contributed by atoms with Crippen LogP contribution in [0.2, 0.25) is 0 Å².